The van der Waals surface area contributed by atoms with Crippen LogP contribution in [-0.4, -0.2) is 62.3 Å². The highest BCUT2D eigenvalue weighted by Gasteiger charge is 2.33. The van der Waals surface area contributed by atoms with Crippen molar-refractivity contribution in [3.05, 3.63) is 37.0 Å². The second kappa shape index (κ2) is 15.0. The molecule has 1 rings (SSSR count). The number of ether oxygens (including phenoxy) is 2. The van der Waals surface area contributed by atoms with Crippen molar-refractivity contribution in [1.82, 2.24) is 10.2 Å². The quantitative estimate of drug-likeness (QED) is 0.395. The maximum atomic E-state index is 13.0. The van der Waals surface area contributed by atoms with Crippen molar-refractivity contribution in [3.8, 4) is 0 Å². The van der Waals surface area contributed by atoms with Gasteiger partial charge in [0.2, 0.25) is 11.8 Å². The number of likely N-dealkylation sites (tertiary alicyclic amines) is 1. The van der Waals surface area contributed by atoms with E-state index in [0.717, 1.165) is 37.8 Å². The van der Waals surface area contributed by atoms with Crippen molar-refractivity contribution in [2.24, 2.45) is 5.92 Å². The average molecular weight is 435 g/mol. The Morgan fingerprint density at radius 2 is 2.00 bits per heavy atom. The maximum Gasteiger partial charge on any atom is 0.249 e. The Kier molecular flexibility index (Phi) is 13.1. The van der Waals surface area contributed by atoms with Crippen LogP contribution in [0.4, 0.5) is 0 Å². The van der Waals surface area contributed by atoms with Crippen molar-refractivity contribution >= 4 is 11.8 Å². The number of carbonyl (C=O) groups excluding carboxylic acids is 2. The Balaban J connectivity index is 2.61. The first kappa shape index (κ1) is 27.1. The highest BCUT2D eigenvalue weighted by Crippen LogP contribution is 2.25. The number of carbonyl (C=O) groups is 2. The minimum Gasteiger partial charge on any atom is -0.381 e. The third-order valence-corrected chi connectivity index (χ3v) is 6.17. The SMILES string of the molecule is C=C/C=C(\C=C)CCNC(=O)C(CC1CCCN1C(=O)CC(CC(C)CC)OC)OC. The van der Waals surface area contributed by atoms with Crippen LogP contribution in [-0.2, 0) is 19.1 Å². The minimum atomic E-state index is -0.577. The molecule has 31 heavy (non-hydrogen) atoms. The summed E-state index contributed by atoms with van der Waals surface area (Å²) in [7, 11) is 3.22. The van der Waals surface area contributed by atoms with E-state index in [0.29, 0.717) is 31.7 Å². The van der Waals surface area contributed by atoms with Crippen molar-refractivity contribution < 1.29 is 19.1 Å². The predicted molar refractivity (Wildman–Crippen MR) is 126 cm³/mol. The number of rotatable bonds is 15. The summed E-state index contributed by atoms with van der Waals surface area (Å²) in [5.41, 5.74) is 1.02. The van der Waals surface area contributed by atoms with Crippen LogP contribution in [0.25, 0.3) is 0 Å². The van der Waals surface area contributed by atoms with Gasteiger partial charge in [-0.3, -0.25) is 9.59 Å². The van der Waals surface area contributed by atoms with Crippen LogP contribution in [0.15, 0.2) is 37.0 Å². The van der Waals surface area contributed by atoms with Gasteiger partial charge < -0.3 is 19.7 Å². The van der Waals surface area contributed by atoms with Gasteiger partial charge in [0, 0.05) is 39.8 Å². The van der Waals surface area contributed by atoms with Crippen molar-refractivity contribution in [2.45, 2.75) is 77.0 Å². The first-order valence-corrected chi connectivity index (χ1v) is 11.5. The molecule has 1 saturated heterocycles. The first-order valence-electron chi connectivity index (χ1n) is 11.5. The van der Waals surface area contributed by atoms with E-state index in [1.165, 1.54) is 0 Å². The monoisotopic (exact) mass is 434 g/mol. The lowest BCUT2D eigenvalue weighted by Crippen LogP contribution is -2.43. The van der Waals surface area contributed by atoms with E-state index < -0.39 is 6.10 Å². The third-order valence-electron chi connectivity index (χ3n) is 6.17. The zero-order valence-electron chi connectivity index (χ0n) is 19.9. The largest absolute Gasteiger partial charge is 0.381 e. The molecule has 0 bridgehead atoms. The molecule has 1 fully saturated rings. The average Bonchev–Trinajstić information content (AvgIpc) is 3.24. The van der Waals surface area contributed by atoms with Gasteiger partial charge in [-0.15, -0.1) is 0 Å². The van der Waals surface area contributed by atoms with Gasteiger partial charge in [-0.05, 0) is 37.2 Å². The van der Waals surface area contributed by atoms with Crippen LogP contribution < -0.4 is 5.32 Å². The van der Waals surface area contributed by atoms with Gasteiger partial charge in [0.1, 0.15) is 6.10 Å². The molecule has 0 radical (unpaired) electrons. The summed E-state index contributed by atoms with van der Waals surface area (Å²) >= 11 is 0. The number of allylic oxidation sites excluding steroid dienone is 3. The molecule has 176 valence electrons. The first-order chi connectivity index (χ1) is 14.9. The normalized spacial score (nSPS) is 19.5. The van der Waals surface area contributed by atoms with Gasteiger partial charge in [0.05, 0.1) is 12.5 Å². The number of nitrogens with one attached hydrogen (secondary N) is 1. The van der Waals surface area contributed by atoms with Crippen LogP contribution in [0.1, 0.15) is 58.8 Å². The van der Waals surface area contributed by atoms with Gasteiger partial charge in [-0.2, -0.15) is 0 Å². The van der Waals surface area contributed by atoms with Crippen LogP contribution >= 0.6 is 0 Å². The van der Waals surface area contributed by atoms with Crippen LogP contribution in [0, 0.1) is 5.92 Å². The molecule has 6 heteroatoms. The number of hydrogen-bond donors (Lipinski definition) is 1. The van der Waals surface area contributed by atoms with Crippen molar-refractivity contribution in [2.75, 3.05) is 27.3 Å². The maximum absolute atomic E-state index is 13.0. The van der Waals surface area contributed by atoms with Crippen LogP contribution in [0.2, 0.25) is 0 Å². The Bertz CT molecular complexity index is 617. The standard InChI is InChI=1S/C25H42N2O4/c1-7-11-20(9-3)13-14-26-25(29)23(31-6)17-21-12-10-15-27(21)24(28)18-22(30-5)16-19(4)8-2/h7,9,11,19,21-23H,1,3,8,10,12-18H2,2,4-6H3,(H,26,29)/b20-11+. The Morgan fingerprint density at radius 3 is 2.58 bits per heavy atom. The predicted octanol–water partition coefficient (Wildman–Crippen LogP) is 4.03. The molecule has 0 saturated carbocycles. The molecule has 0 spiro atoms. The van der Waals surface area contributed by atoms with Crippen molar-refractivity contribution in [3.63, 3.8) is 0 Å². The summed E-state index contributed by atoms with van der Waals surface area (Å²) in [5.74, 6) is 0.491. The molecule has 4 atom stereocenters. The zero-order chi connectivity index (χ0) is 23.2. The highest BCUT2D eigenvalue weighted by molar-refractivity contribution is 5.81. The summed E-state index contributed by atoms with van der Waals surface area (Å²) < 4.78 is 11.0. The fourth-order valence-electron chi connectivity index (χ4n) is 4.01. The molecule has 1 N–H and O–H groups in total. The molecule has 6 nitrogen and oxygen atoms in total. The molecule has 0 aromatic rings. The lowest BCUT2D eigenvalue weighted by molar-refractivity contribution is -0.138. The topological polar surface area (TPSA) is 67.9 Å². The minimum absolute atomic E-state index is 0.0219. The molecular formula is C25H42N2O4. The fraction of sp³-hybridized carbons (Fsp3) is 0.680. The lowest BCUT2D eigenvalue weighted by atomic mass is 9.98. The van der Waals surface area contributed by atoms with Gasteiger partial charge in [0.15, 0.2) is 0 Å². The Morgan fingerprint density at radius 1 is 1.26 bits per heavy atom. The fourth-order valence-corrected chi connectivity index (χ4v) is 4.01. The van der Waals surface area contributed by atoms with Crippen molar-refractivity contribution in [1.29, 1.82) is 0 Å². The lowest BCUT2D eigenvalue weighted by Gasteiger charge is -2.29. The second-order valence-electron chi connectivity index (χ2n) is 8.38. The van der Waals surface area contributed by atoms with Gasteiger partial charge in [-0.1, -0.05) is 51.7 Å². The van der Waals surface area contributed by atoms with E-state index in [-0.39, 0.29) is 24.0 Å². The van der Waals surface area contributed by atoms with Crippen LogP contribution in [0.3, 0.4) is 0 Å². The summed E-state index contributed by atoms with van der Waals surface area (Å²) in [6.07, 6.45) is 10.1. The number of hydrogen-bond acceptors (Lipinski definition) is 4. The second-order valence-corrected chi connectivity index (χ2v) is 8.38. The van der Waals surface area contributed by atoms with E-state index in [4.69, 9.17) is 9.47 Å². The van der Waals surface area contributed by atoms with Gasteiger partial charge in [-0.25, -0.2) is 0 Å². The molecule has 0 aromatic heterocycles. The van der Waals surface area contributed by atoms with E-state index in [1.54, 1.807) is 26.4 Å². The molecule has 0 aromatic carbocycles. The Labute approximate surface area is 188 Å². The smallest absolute Gasteiger partial charge is 0.249 e. The molecule has 2 amide bonds. The van der Waals surface area contributed by atoms with E-state index in [9.17, 15) is 9.59 Å². The van der Waals surface area contributed by atoms with Gasteiger partial charge in [0.25, 0.3) is 0 Å². The molecule has 1 aliphatic heterocycles. The van der Waals surface area contributed by atoms with Crippen LogP contribution in [0.5, 0.6) is 0 Å². The molecule has 1 heterocycles. The Hall–Kier alpha value is -1.92. The highest BCUT2D eigenvalue weighted by atomic mass is 16.5. The summed E-state index contributed by atoms with van der Waals surface area (Å²) in [4.78, 5) is 27.5. The number of methoxy groups -OCH3 is 2. The molecule has 0 aliphatic carbocycles. The molecule has 1 aliphatic rings. The summed E-state index contributed by atoms with van der Waals surface area (Å²) in [6.45, 7) is 13.0. The van der Waals surface area contributed by atoms with Gasteiger partial charge >= 0.3 is 0 Å². The summed E-state index contributed by atoms with van der Waals surface area (Å²) in [6, 6.07) is 0.0219. The number of nitrogens with zero attached hydrogens (tertiary/aromatic N) is 1. The van der Waals surface area contributed by atoms with E-state index in [1.807, 2.05) is 11.0 Å². The summed E-state index contributed by atoms with van der Waals surface area (Å²) in [5, 5.41) is 2.93. The third kappa shape index (κ3) is 9.40. The molecule has 4 unspecified atom stereocenters. The van der Waals surface area contributed by atoms with E-state index >= 15 is 0 Å². The molecular weight excluding hydrogens is 392 g/mol. The number of amides is 2. The zero-order valence-corrected chi connectivity index (χ0v) is 19.9. The van der Waals surface area contributed by atoms with E-state index in [2.05, 4.69) is 32.3 Å².